The first kappa shape index (κ1) is 11.7. The zero-order chi connectivity index (χ0) is 11.4. The van der Waals surface area contributed by atoms with Crippen molar-refractivity contribution in [3.63, 3.8) is 0 Å². The first-order chi connectivity index (χ1) is 7.81. The fourth-order valence-corrected chi connectivity index (χ4v) is 1.87. The molecular formula is C13H21NO2. The summed E-state index contributed by atoms with van der Waals surface area (Å²) in [6.45, 7) is 4.57. The van der Waals surface area contributed by atoms with Crippen molar-refractivity contribution in [2.24, 2.45) is 5.92 Å². The lowest BCUT2D eigenvalue weighted by molar-refractivity contribution is 0.126. The van der Waals surface area contributed by atoms with Crippen LogP contribution in [0.2, 0.25) is 0 Å². The second-order valence-corrected chi connectivity index (χ2v) is 4.58. The molecule has 1 heterocycles. The molecule has 0 spiro atoms. The van der Waals surface area contributed by atoms with E-state index in [1.54, 1.807) is 0 Å². The van der Waals surface area contributed by atoms with Crippen LogP contribution in [0.1, 0.15) is 37.9 Å². The highest BCUT2D eigenvalue weighted by molar-refractivity contribution is 5.16. The zero-order valence-electron chi connectivity index (χ0n) is 9.93. The van der Waals surface area contributed by atoms with Crippen LogP contribution in [0.25, 0.3) is 0 Å². The minimum Gasteiger partial charge on any atom is -0.388 e. The second-order valence-electron chi connectivity index (χ2n) is 4.58. The summed E-state index contributed by atoms with van der Waals surface area (Å²) in [7, 11) is 0. The molecule has 0 radical (unpaired) electrons. The Morgan fingerprint density at radius 3 is 3.00 bits per heavy atom. The monoisotopic (exact) mass is 223 g/mol. The van der Waals surface area contributed by atoms with Crippen molar-refractivity contribution in [1.29, 1.82) is 0 Å². The van der Waals surface area contributed by atoms with E-state index in [4.69, 9.17) is 4.74 Å². The normalized spacial score (nSPS) is 17.6. The highest BCUT2D eigenvalue weighted by Crippen LogP contribution is 2.40. The molecule has 0 aliphatic heterocycles. The Kier molecular flexibility index (Phi) is 4.02. The van der Waals surface area contributed by atoms with Crippen LogP contribution in [-0.2, 0) is 11.3 Å². The van der Waals surface area contributed by atoms with E-state index in [0.29, 0.717) is 5.92 Å². The number of ether oxygens (including phenoxy) is 1. The third-order valence-electron chi connectivity index (χ3n) is 3.03. The van der Waals surface area contributed by atoms with E-state index >= 15 is 0 Å². The Bertz CT molecular complexity index is 317. The molecule has 1 aromatic rings. The van der Waals surface area contributed by atoms with Crippen molar-refractivity contribution in [3.8, 4) is 0 Å². The van der Waals surface area contributed by atoms with Crippen LogP contribution in [0, 0.1) is 5.92 Å². The van der Waals surface area contributed by atoms with Crippen molar-refractivity contribution in [3.05, 3.63) is 24.0 Å². The average molecular weight is 223 g/mol. The number of rotatable bonds is 7. The molecule has 0 saturated heterocycles. The molecule has 1 unspecified atom stereocenters. The number of nitrogens with zero attached hydrogens (tertiary/aromatic N) is 1. The van der Waals surface area contributed by atoms with E-state index < -0.39 is 0 Å². The third-order valence-corrected chi connectivity index (χ3v) is 3.03. The number of hydrogen-bond acceptors (Lipinski definition) is 2. The van der Waals surface area contributed by atoms with Crippen LogP contribution in [0.15, 0.2) is 18.5 Å². The highest BCUT2D eigenvalue weighted by atomic mass is 16.5. The number of aromatic nitrogens is 1. The maximum atomic E-state index is 9.94. The molecule has 1 aromatic heterocycles. The van der Waals surface area contributed by atoms with E-state index in [9.17, 15) is 5.11 Å². The lowest BCUT2D eigenvalue weighted by atomic mass is 10.1. The first-order valence-electron chi connectivity index (χ1n) is 6.22. The van der Waals surface area contributed by atoms with E-state index in [0.717, 1.165) is 31.7 Å². The highest BCUT2D eigenvalue weighted by Gasteiger charge is 2.31. The van der Waals surface area contributed by atoms with Crippen LogP contribution in [0.3, 0.4) is 0 Å². The lowest BCUT2D eigenvalue weighted by Crippen LogP contribution is -2.05. The molecule has 0 aromatic carbocycles. The zero-order valence-corrected chi connectivity index (χ0v) is 9.93. The maximum Gasteiger partial charge on any atom is 0.0832 e. The third kappa shape index (κ3) is 3.09. The van der Waals surface area contributed by atoms with Crippen LogP contribution in [-0.4, -0.2) is 22.9 Å². The first-order valence-corrected chi connectivity index (χ1v) is 6.22. The van der Waals surface area contributed by atoms with Gasteiger partial charge in [-0.15, -0.1) is 0 Å². The fourth-order valence-electron chi connectivity index (χ4n) is 1.87. The standard InChI is InChI=1S/C13H21NO2/c1-2-8-16-9-7-14-6-5-12(10-14)13(15)11-3-4-11/h5-6,10-11,13,15H,2-4,7-9H2,1H3. The summed E-state index contributed by atoms with van der Waals surface area (Å²) in [5, 5.41) is 9.94. The number of aliphatic hydroxyl groups is 1. The Morgan fingerprint density at radius 2 is 2.31 bits per heavy atom. The van der Waals surface area contributed by atoms with Gasteiger partial charge in [-0.25, -0.2) is 0 Å². The van der Waals surface area contributed by atoms with Gasteiger partial charge in [-0.1, -0.05) is 6.92 Å². The molecular weight excluding hydrogens is 202 g/mol. The van der Waals surface area contributed by atoms with Gasteiger partial charge in [-0.05, 0) is 36.8 Å². The van der Waals surface area contributed by atoms with Gasteiger partial charge in [0.1, 0.15) is 0 Å². The summed E-state index contributed by atoms with van der Waals surface area (Å²) in [6.07, 6.45) is 7.22. The molecule has 3 heteroatoms. The minimum absolute atomic E-state index is 0.252. The molecule has 0 amide bonds. The Morgan fingerprint density at radius 1 is 1.50 bits per heavy atom. The van der Waals surface area contributed by atoms with Crippen LogP contribution in [0.4, 0.5) is 0 Å². The van der Waals surface area contributed by atoms with E-state index in [-0.39, 0.29) is 6.10 Å². The van der Waals surface area contributed by atoms with Gasteiger partial charge >= 0.3 is 0 Å². The van der Waals surface area contributed by atoms with Gasteiger partial charge in [0.25, 0.3) is 0 Å². The lowest BCUT2D eigenvalue weighted by Gasteiger charge is -2.06. The molecule has 16 heavy (non-hydrogen) atoms. The van der Waals surface area contributed by atoms with Gasteiger partial charge in [-0.2, -0.15) is 0 Å². The summed E-state index contributed by atoms with van der Waals surface area (Å²) in [5.41, 5.74) is 1.05. The summed E-state index contributed by atoms with van der Waals surface area (Å²) >= 11 is 0. The van der Waals surface area contributed by atoms with Gasteiger partial charge in [-0.3, -0.25) is 0 Å². The van der Waals surface area contributed by atoms with E-state index in [1.165, 1.54) is 12.8 Å². The van der Waals surface area contributed by atoms with Crippen molar-refractivity contribution in [1.82, 2.24) is 4.57 Å². The Hall–Kier alpha value is -0.800. The largest absolute Gasteiger partial charge is 0.388 e. The topological polar surface area (TPSA) is 34.4 Å². The van der Waals surface area contributed by atoms with Gasteiger partial charge in [0.15, 0.2) is 0 Å². The van der Waals surface area contributed by atoms with Gasteiger partial charge in [0, 0.05) is 25.5 Å². The molecule has 3 nitrogen and oxygen atoms in total. The van der Waals surface area contributed by atoms with Crippen molar-refractivity contribution >= 4 is 0 Å². The quantitative estimate of drug-likeness (QED) is 0.720. The van der Waals surface area contributed by atoms with Crippen LogP contribution >= 0.6 is 0 Å². The molecule has 0 bridgehead atoms. The Balaban J connectivity index is 1.77. The predicted octanol–water partition coefficient (Wildman–Crippen LogP) is 2.36. The smallest absolute Gasteiger partial charge is 0.0832 e. The van der Waals surface area contributed by atoms with E-state index in [2.05, 4.69) is 11.5 Å². The van der Waals surface area contributed by atoms with Crippen molar-refractivity contribution in [2.75, 3.05) is 13.2 Å². The molecule has 1 aliphatic rings. The molecule has 1 saturated carbocycles. The molecule has 2 rings (SSSR count). The van der Waals surface area contributed by atoms with Crippen molar-refractivity contribution < 1.29 is 9.84 Å². The molecule has 1 fully saturated rings. The predicted molar refractivity (Wildman–Crippen MR) is 63.2 cm³/mol. The van der Waals surface area contributed by atoms with Gasteiger partial charge < -0.3 is 14.4 Å². The summed E-state index contributed by atoms with van der Waals surface area (Å²) in [5.74, 6) is 0.507. The molecule has 90 valence electrons. The van der Waals surface area contributed by atoms with Crippen molar-refractivity contribution in [2.45, 2.75) is 38.8 Å². The number of aliphatic hydroxyl groups excluding tert-OH is 1. The number of hydrogen-bond donors (Lipinski definition) is 1. The molecule has 1 N–H and O–H groups in total. The summed E-state index contributed by atoms with van der Waals surface area (Å²) in [6, 6.07) is 2.02. The molecule has 1 aliphatic carbocycles. The van der Waals surface area contributed by atoms with E-state index in [1.807, 2.05) is 18.5 Å². The van der Waals surface area contributed by atoms with Gasteiger partial charge in [0.2, 0.25) is 0 Å². The molecule has 1 atom stereocenters. The average Bonchev–Trinajstić information content (AvgIpc) is 3.03. The summed E-state index contributed by atoms with van der Waals surface area (Å²) in [4.78, 5) is 0. The SMILES string of the molecule is CCCOCCn1ccc(C(O)C2CC2)c1. The second kappa shape index (κ2) is 5.51. The minimum atomic E-state index is -0.252. The maximum absolute atomic E-state index is 9.94. The van der Waals surface area contributed by atoms with Crippen LogP contribution < -0.4 is 0 Å². The van der Waals surface area contributed by atoms with Crippen LogP contribution in [0.5, 0.6) is 0 Å². The summed E-state index contributed by atoms with van der Waals surface area (Å²) < 4.78 is 7.53. The Labute approximate surface area is 97.0 Å². The fraction of sp³-hybridized carbons (Fsp3) is 0.692. The van der Waals surface area contributed by atoms with Gasteiger partial charge in [0.05, 0.1) is 12.7 Å².